The highest BCUT2D eigenvalue weighted by molar-refractivity contribution is 14.0. The summed E-state index contributed by atoms with van der Waals surface area (Å²) in [5.41, 5.74) is 2.98. The molecule has 3 aromatic rings. The first-order chi connectivity index (χ1) is 13.1. The van der Waals surface area contributed by atoms with E-state index in [9.17, 15) is 0 Å². The Hall–Kier alpha value is -2.43. The summed E-state index contributed by atoms with van der Waals surface area (Å²) in [6, 6.07) is 8.09. The van der Waals surface area contributed by atoms with E-state index in [0.29, 0.717) is 30.1 Å². The molecule has 3 rings (SSSR count). The Bertz CT molecular complexity index is 888. The van der Waals surface area contributed by atoms with Gasteiger partial charge in [0, 0.05) is 25.6 Å². The quantitative estimate of drug-likeness (QED) is 0.224. The van der Waals surface area contributed by atoms with Crippen LogP contribution in [0.15, 0.2) is 44.5 Å². The number of nitrogens with one attached hydrogen (secondary N) is 2. The first-order valence-electron chi connectivity index (χ1n) is 8.89. The van der Waals surface area contributed by atoms with Crippen molar-refractivity contribution in [3.63, 3.8) is 0 Å². The number of benzene rings is 1. The lowest BCUT2D eigenvalue weighted by molar-refractivity contribution is 0.372. The van der Waals surface area contributed by atoms with Crippen LogP contribution >= 0.6 is 24.0 Å². The van der Waals surface area contributed by atoms with Crippen LogP contribution in [0.5, 0.6) is 0 Å². The van der Waals surface area contributed by atoms with Gasteiger partial charge < -0.3 is 19.6 Å². The van der Waals surface area contributed by atoms with Crippen LogP contribution in [0.1, 0.15) is 29.4 Å². The number of oxazole rings is 1. The molecule has 9 heteroatoms. The van der Waals surface area contributed by atoms with E-state index < -0.39 is 0 Å². The van der Waals surface area contributed by atoms with E-state index in [-0.39, 0.29) is 24.0 Å². The number of aromatic nitrogens is 3. The highest BCUT2D eigenvalue weighted by atomic mass is 127. The molecule has 0 aliphatic heterocycles. The van der Waals surface area contributed by atoms with Gasteiger partial charge in [-0.25, -0.2) is 4.98 Å². The van der Waals surface area contributed by atoms with Crippen molar-refractivity contribution in [1.29, 1.82) is 0 Å². The maximum atomic E-state index is 5.57. The lowest BCUT2D eigenvalue weighted by Crippen LogP contribution is -2.37. The topological polar surface area (TPSA) is 101 Å². The largest absolute Gasteiger partial charge is 0.444 e. The Kier molecular flexibility index (Phi) is 8.42. The molecule has 2 N–H and O–H groups in total. The lowest BCUT2D eigenvalue weighted by Gasteiger charge is -2.10. The predicted molar refractivity (Wildman–Crippen MR) is 118 cm³/mol. The van der Waals surface area contributed by atoms with Crippen LogP contribution in [0.2, 0.25) is 0 Å². The Balaban J connectivity index is 0.00000280. The van der Waals surface area contributed by atoms with Gasteiger partial charge in [0.1, 0.15) is 6.26 Å². The van der Waals surface area contributed by atoms with Crippen molar-refractivity contribution in [3.05, 3.63) is 53.5 Å². The number of hydrogen-bond acceptors (Lipinski definition) is 6. The molecule has 2 aromatic heterocycles. The molecule has 0 saturated heterocycles. The van der Waals surface area contributed by atoms with Gasteiger partial charge in [0.05, 0.1) is 12.2 Å². The molecule has 0 radical (unpaired) electrons. The molecule has 0 aliphatic carbocycles. The average Bonchev–Trinajstić information content (AvgIpc) is 3.31. The summed E-state index contributed by atoms with van der Waals surface area (Å²) in [4.78, 5) is 12.9. The highest BCUT2D eigenvalue weighted by Crippen LogP contribution is 2.18. The van der Waals surface area contributed by atoms with Crippen molar-refractivity contribution in [3.8, 4) is 11.5 Å². The van der Waals surface area contributed by atoms with Gasteiger partial charge in [-0.3, -0.25) is 4.99 Å². The van der Waals surface area contributed by atoms with Gasteiger partial charge in [-0.05, 0) is 32.4 Å². The Morgan fingerprint density at radius 2 is 1.89 bits per heavy atom. The number of hydrogen-bond donors (Lipinski definition) is 2. The lowest BCUT2D eigenvalue weighted by atomic mass is 10.1. The van der Waals surface area contributed by atoms with E-state index in [1.165, 1.54) is 5.56 Å². The fourth-order valence-corrected chi connectivity index (χ4v) is 2.50. The van der Waals surface area contributed by atoms with Crippen LogP contribution in [0.4, 0.5) is 0 Å². The molecule has 0 unspecified atom stereocenters. The van der Waals surface area contributed by atoms with E-state index in [4.69, 9.17) is 8.94 Å². The Labute approximate surface area is 181 Å². The van der Waals surface area contributed by atoms with E-state index in [1.54, 1.807) is 13.3 Å². The molecule has 0 fully saturated rings. The Morgan fingerprint density at radius 1 is 1.11 bits per heavy atom. The van der Waals surface area contributed by atoms with Crippen LogP contribution in [0.25, 0.3) is 11.5 Å². The molecule has 0 amide bonds. The standard InChI is InChI=1S/C19H24N6O2.HI/c1-13-6-8-15(9-7-13)18-24-16(12-26-18)11-22-19(20-3)21-10-4-5-17-23-14(2)25-27-17;/h6-9,12H,4-5,10-11H2,1-3H3,(H2,20,21,22);1H. The molecule has 8 nitrogen and oxygen atoms in total. The molecule has 28 heavy (non-hydrogen) atoms. The number of aliphatic imine (C=N–C) groups is 1. The van der Waals surface area contributed by atoms with Gasteiger partial charge in [-0.1, -0.05) is 22.9 Å². The van der Waals surface area contributed by atoms with Crippen LogP contribution < -0.4 is 10.6 Å². The molecule has 0 atom stereocenters. The predicted octanol–water partition coefficient (Wildman–Crippen LogP) is 3.26. The zero-order chi connectivity index (χ0) is 19.1. The summed E-state index contributed by atoms with van der Waals surface area (Å²) in [6.45, 7) is 5.13. The Morgan fingerprint density at radius 3 is 2.57 bits per heavy atom. The average molecular weight is 496 g/mol. The second-order valence-corrected chi connectivity index (χ2v) is 6.20. The third-order valence-corrected chi connectivity index (χ3v) is 3.94. The molecule has 150 valence electrons. The van der Waals surface area contributed by atoms with E-state index in [0.717, 1.165) is 30.6 Å². The summed E-state index contributed by atoms with van der Waals surface area (Å²) in [7, 11) is 1.73. The maximum absolute atomic E-state index is 5.57. The molecule has 0 aliphatic rings. The second-order valence-electron chi connectivity index (χ2n) is 6.20. The molecular formula is C19H25IN6O2. The zero-order valence-electron chi connectivity index (χ0n) is 16.2. The molecule has 0 spiro atoms. The SMILES string of the molecule is CN=C(NCCCc1nc(C)no1)NCc1coc(-c2ccc(C)cc2)n1.I. The fraction of sp³-hybridized carbons (Fsp3) is 0.368. The summed E-state index contributed by atoms with van der Waals surface area (Å²) in [5, 5.41) is 10.3. The van der Waals surface area contributed by atoms with Crippen molar-refractivity contribution in [2.45, 2.75) is 33.2 Å². The van der Waals surface area contributed by atoms with Gasteiger partial charge in [0.2, 0.25) is 11.8 Å². The molecule has 0 bridgehead atoms. The summed E-state index contributed by atoms with van der Waals surface area (Å²) < 4.78 is 10.7. The maximum Gasteiger partial charge on any atom is 0.226 e. The zero-order valence-corrected chi connectivity index (χ0v) is 18.6. The fourth-order valence-electron chi connectivity index (χ4n) is 2.50. The van der Waals surface area contributed by atoms with Crippen molar-refractivity contribution in [1.82, 2.24) is 25.8 Å². The van der Waals surface area contributed by atoms with Gasteiger partial charge in [-0.2, -0.15) is 4.98 Å². The van der Waals surface area contributed by atoms with Crippen LogP contribution in [0, 0.1) is 13.8 Å². The van der Waals surface area contributed by atoms with Crippen molar-refractivity contribution in [2.75, 3.05) is 13.6 Å². The minimum atomic E-state index is 0. The number of halogens is 1. The third kappa shape index (κ3) is 6.32. The third-order valence-electron chi connectivity index (χ3n) is 3.94. The summed E-state index contributed by atoms with van der Waals surface area (Å²) in [5.74, 6) is 2.64. The monoisotopic (exact) mass is 496 g/mol. The van der Waals surface area contributed by atoms with Gasteiger partial charge in [0.25, 0.3) is 0 Å². The highest BCUT2D eigenvalue weighted by Gasteiger charge is 2.07. The van der Waals surface area contributed by atoms with E-state index in [1.807, 2.05) is 31.2 Å². The summed E-state index contributed by atoms with van der Waals surface area (Å²) in [6.07, 6.45) is 3.26. The molecule has 0 saturated carbocycles. The van der Waals surface area contributed by atoms with Crippen LogP contribution in [-0.2, 0) is 13.0 Å². The van der Waals surface area contributed by atoms with E-state index in [2.05, 4.69) is 37.7 Å². The summed E-state index contributed by atoms with van der Waals surface area (Å²) >= 11 is 0. The number of guanidine groups is 1. The van der Waals surface area contributed by atoms with Gasteiger partial charge >= 0.3 is 0 Å². The van der Waals surface area contributed by atoms with Gasteiger partial charge in [0.15, 0.2) is 11.8 Å². The minimum Gasteiger partial charge on any atom is -0.444 e. The number of aryl methyl sites for hydroxylation is 3. The molecule has 1 aromatic carbocycles. The number of nitrogens with zero attached hydrogens (tertiary/aromatic N) is 4. The minimum absolute atomic E-state index is 0. The number of rotatable bonds is 7. The van der Waals surface area contributed by atoms with Crippen molar-refractivity contribution < 1.29 is 8.94 Å². The normalized spacial score (nSPS) is 11.2. The molecular weight excluding hydrogens is 471 g/mol. The van der Waals surface area contributed by atoms with Crippen LogP contribution in [-0.4, -0.2) is 34.7 Å². The smallest absolute Gasteiger partial charge is 0.226 e. The van der Waals surface area contributed by atoms with Crippen molar-refractivity contribution >= 4 is 29.9 Å². The van der Waals surface area contributed by atoms with E-state index >= 15 is 0 Å². The first kappa shape index (κ1) is 21.9. The van der Waals surface area contributed by atoms with Crippen LogP contribution in [0.3, 0.4) is 0 Å². The van der Waals surface area contributed by atoms with Crippen molar-refractivity contribution in [2.24, 2.45) is 4.99 Å². The molecule has 2 heterocycles. The first-order valence-corrected chi connectivity index (χ1v) is 8.89. The second kappa shape index (κ2) is 10.8. The van der Waals surface area contributed by atoms with Gasteiger partial charge in [-0.15, -0.1) is 24.0 Å².